The van der Waals surface area contributed by atoms with Crippen LogP contribution < -0.4 is 5.32 Å². The van der Waals surface area contributed by atoms with Gasteiger partial charge in [0.1, 0.15) is 0 Å². The Morgan fingerprint density at radius 2 is 1.82 bits per heavy atom. The third-order valence-corrected chi connectivity index (χ3v) is 9.75. The molecule has 5 heterocycles. The van der Waals surface area contributed by atoms with E-state index in [1.54, 1.807) is 0 Å². The second-order valence-corrected chi connectivity index (χ2v) is 11.8. The van der Waals surface area contributed by atoms with Crippen LogP contribution in [0.15, 0.2) is 72.9 Å². The zero-order valence-corrected chi connectivity index (χ0v) is 22.6. The summed E-state index contributed by atoms with van der Waals surface area (Å²) in [6, 6.07) is 24.1. The normalized spacial score (nSPS) is 24.5. The monoisotopic (exact) mass is 530 g/mol. The lowest BCUT2D eigenvalue weighted by atomic mass is 9.57. The van der Waals surface area contributed by atoms with Crippen LogP contribution in [0.25, 0.3) is 38.9 Å². The summed E-state index contributed by atoms with van der Waals surface area (Å²) in [5.74, 6) is 1.69. The number of fused-ring (bicyclic) bond motifs is 4. The summed E-state index contributed by atoms with van der Waals surface area (Å²) in [7, 11) is 0. The van der Waals surface area contributed by atoms with Gasteiger partial charge < -0.3 is 10.4 Å². The van der Waals surface area contributed by atoms with Crippen LogP contribution in [-0.4, -0.2) is 55.3 Å². The maximum absolute atomic E-state index is 9.89. The molecule has 202 valence electrons. The fourth-order valence-electron chi connectivity index (χ4n) is 7.19. The third-order valence-electron chi connectivity index (χ3n) is 9.75. The predicted molar refractivity (Wildman–Crippen MR) is 157 cm³/mol. The number of nitrogens with one attached hydrogen (secondary N) is 1. The van der Waals surface area contributed by atoms with Crippen LogP contribution in [-0.2, 0) is 12.1 Å². The second kappa shape index (κ2) is 9.47. The van der Waals surface area contributed by atoms with Crippen LogP contribution in [0.4, 0.5) is 0 Å². The molecule has 0 amide bonds. The van der Waals surface area contributed by atoms with E-state index in [-0.39, 0.29) is 18.2 Å². The Kier molecular flexibility index (Phi) is 5.73. The maximum atomic E-state index is 9.89. The van der Waals surface area contributed by atoms with E-state index in [1.165, 1.54) is 24.8 Å². The molecule has 2 saturated heterocycles. The quantitative estimate of drug-likeness (QED) is 0.316. The van der Waals surface area contributed by atoms with Crippen molar-refractivity contribution in [2.45, 2.75) is 50.2 Å². The molecule has 0 radical (unpaired) electrons. The molecule has 0 spiro atoms. The molecule has 1 saturated carbocycles. The van der Waals surface area contributed by atoms with Crippen molar-refractivity contribution in [2.24, 2.45) is 5.92 Å². The van der Waals surface area contributed by atoms with Gasteiger partial charge in [-0.25, -0.2) is 4.98 Å². The van der Waals surface area contributed by atoms with Gasteiger partial charge in [0.05, 0.1) is 24.4 Å². The SMILES string of the molecule is OCC1CCCCN1Cc1nnc2c3cc(-c4ccccc4)c(-c4ccc(C56CCC5CN6)cc4)nc3ccn12. The summed E-state index contributed by atoms with van der Waals surface area (Å²) in [6.45, 7) is 2.99. The minimum Gasteiger partial charge on any atom is -0.395 e. The molecule has 2 aromatic carbocycles. The molecule has 3 fully saturated rings. The summed E-state index contributed by atoms with van der Waals surface area (Å²) in [6.07, 6.45) is 7.97. The first kappa shape index (κ1) is 24.2. The fourth-order valence-corrected chi connectivity index (χ4v) is 7.19. The van der Waals surface area contributed by atoms with Crippen molar-refractivity contribution < 1.29 is 5.11 Å². The summed E-state index contributed by atoms with van der Waals surface area (Å²) in [5.41, 5.74) is 7.68. The first-order valence-electron chi connectivity index (χ1n) is 14.7. The molecule has 40 heavy (non-hydrogen) atoms. The Morgan fingerprint density at radius 1 is 0.950 bits per heavy atom. The van der Waals surface area contributed by atoms with Gasteiger partial charge >= 0.3 is 0 Å². The highest BCUT2D eigenvalue weighted by molar-refractivity contribution is 5.98. The predicted octanol–water partition coefficient (Wildman–Crippen LogP) is 5.17. The average Bonchev–Trinajstić information content (AvgIpc) is 3.42. The first-order chi connectivity index (χ1) is 19.7. The smallest absolute Gasteiger partial charge is 0.170 e. The summed E-state index contributed by atoms with van der Waals surface area (Å²) in [4.78, 5) is 7.58. The maximum Gasteiger partial charge on any atom is 0.170 e. The van der Waals surface area contributed by atoms with E-state index in [0.717, 1.165) is 76.6 Å². The topological polar surface area (TPSA) is 78.6 Å². The molecule has 5 aromatic rings. The van der Waals surface area contributed by atoms with E-state index in [2.05, 4.69) is 91.5 Å². The van der Waals surface area contributed by atoms with Crippen LogP contribution in [0, 0.1) is 5.92 Å². The van der Waals surface area contributed by atoms with Gasteiger partial charge in [0, 0.05) is 40.8 Å². The van der Waals surface area contributed by atoms with Crippen LogP contribution in [0.1, 0.15) is 43.5 Å². The van der Waals surface area contributed by atoms with E-state index >= 15 is 0 Å². The number of hydrogen-bond donors (Lipinski definition) is 2. The number of nitrogens with zero attached hydrogens (tertiary/aromatic N) is 5. The van der Waals surface area contributed by atoms with E-state index in [1.807, 2.05) is 6.20 Å². The second-order valence-electron chi connectivity index (χ2n) is 11.8. The molecule has 7 nitrogen and oxygen atoms in total. The van der Waals surface area contributed by atoms with Gasteiger partial charge in [0.25, 0.3) is 0 Å². The van der Waals surface area contributed by atoms with Gasteiger partial charge in [-0.15, -0.1) is 10.2 Å². The Hall–Kier alpha value is -3.65. The van der Waals surface area contributed by atoms with E-state index in [9.17, 15) is 5.11 Å². The van der Waals surface area contributed by atoms with Gasteiger partial charge in [0.15, 0.2) is 11.5 Å². The van der Waals surface area contributed by atoms with Gasteiger partial charge in [-0.3, -0.25) is 9.30 Å². The van der Waals surface area contributed by atoms with Crippen molar-refractivity contribution in [1.82, 2.24) is 29.8 Å². The minimum atomic E-state index is 0.186. The number of piperidine rings is 2. The van der Waals surface area contributed by atoms with Crippen LogP contribution in [0.5, 0.6) is 0 Å². The molecular weight excluding hydrogens is 496 g/mol. The van der Waals surface area contributed by atoms with E-state index in [0.29, 0.717) is 6.54 Å². The average molecular weight is 531 g/mol. The number of likely N-dealkylation sites (tertiary alicyclic amines) is 1. The lowest BCUT2D eigenvalue weighted by molar-refractivity contribution is -0.0115. The molecule has 3 unspecified atom stereocenters. The highest BCUT2D eigenvalue weighted by atomic mass is 16.3. The Balaban J connectivity index is 1.22. The van der Waals surface area contributed by atoms with Crippen LogP contribution in [0.3, 0.4) is 0 Å². The molecule has 2 aliphatic heterocycles. The van der Waals surface area contributed by atoms with Gasteiger partial charge in [-0.05, 0) is 61.4 Å². The standard InChI is InChI=1S/C33H34N6O/c40-21-26-8-4-5-16-38(26)20-30-36-37-32-28-18-27(22-6-2-1-3-7-22)31(35-29(28)14-17-39(30)32)23-9-11-24(12-10-23)33-15-13-25(33)19-34-33/h1-3,6-7,9-12,14,17-18,25-26,34,40H,4-5,8,13,15-16,19-21H2. The number of aliphatic hydroxyl groups excluding tert-OH is 1. The lowest BCUT2D eigenvalue weighted by Crippen LogP contribution is -2.68. The zero-order valence-electron chi connectivity index (χ0n) is 22.6. The zero-order chi connectivity index (χ0) is 26.7. The van der Waals surface area contributed by atoms with Crippen molar-refractivity contribution in [2.75, 3.05) is 19.7 Å². The fraction of sp³-hybridized carbons (Fsp3) is 0.364. The molecule has 1 aliphatic carbocycles. The number of aliphatic hydroxyl groups is 1. The number of aromatic nitrogens is 4. The highest BCUT2D eigenvalue weighted by Crippen LogP contribution is 2.52. The molecule has 3 aliphatic rings. The minimum absolute atomic E-state index is 0.186. The summed E-state index contributed by atoms with van der Waals surface area (Å²) >= 11 is 0. The number of hydrogen-bond acceptors (Lipinski definition) is 6. The van der Waals surface area contributed by atoms with Crippen molar-refractivity contribution in [3.63, 3.8) is 0 Å². The molecular formula is C33H34N6O. The molecule has 3 atom stereocenters. The molecule has 8 rings (SSSR count). The van der Waals surface area contributed by atoms with Crippen LogP contribution >= 0.6 is 0 Å². The Morgan fingerprint density at radius 3 is 2.55 bits per heavy atom. The lowest BCUT2D eigenvalue weighted by Gasteiger charge is -2.59. The van der Waals surface area contributed by atoms with Crippen molar-refractivity contribution in [1.29, 1.82) is 0 Å². The number of rotatable bonds is 6. The van der Waals surface area contributed by atoms with Crippen molar-refractivity contribution >= 4 is 16.6 Å². The molecule has 0 bridgehead atoms. The molecule has 2 N–H and O–H groups in total. The van der Waals surface area contributed by atoms with Gasteiger partial charge in [0.2, 0.25) is 0 Å². The largest absolute Gasteiger partial charge is 0.395 e. The third kappa shape index (κ3) is 3.72. The van der Waals surface area contributed by atoms with Gasteiger partial charge in [-0.1, -0.05) is 61.0 Å². The summed E-state index contributed by atoms with van der Waals surface area (Å²) < 4.78 is 2.09. The van der Waals surface area contributed by atoms with Crippen molar-refractivity contribution in [3.05, 3.63) is 84.3 Å². The molecule has 7 heteroatoms. The highest BCUT2D eigenvalue weighted by Gasteiger charge is 2.54. The Bertz CT molecular complexity index is 1690. The summed E-state index contributed by atoms with van der Waals surface area (Å²) in [5, 5.41) is 23.8. The first-order valence-corrected chi connectivity index (χ1v) is 14.7. The van der Waals surface area contributed by atoms with Crippen molar-refractivity contribution in [3.8, 4) is 22.4 Å². The number of benzene rings is 2. The van der Waals surface area contributed by atoms with Crippen LogP contribution in [0.2, 0.25) is 0 Å². The Labute approximate surface area is 233 Å². The van der Waals surface area contributed by atoms with E-state index < -0.39 is 0 Å². The molecule has 3 aromatic heterocycles. The number of pyridine rings is 2. The van der Waals surface area contributed by atoms with Gasteiger partial charge in [-0.2, -0.15) is 0 Å². The van der Waals surface area contributed by atoms with E-state index in [4.69, 9.17) is 4.98 Å².